The third-order valence-electron chi connectivity index (χ3n) is 2.12. The Kier molecular flexibility index (Phi) is 2.03. The first-order chi connectivity index (χ1) is 7.07. The summed E-state index contributed by atoms with van der Waals surface area (Å²) in [4.78, 5) is 1.14. The Morgan fingerprint density at radius 2 is 1.40 bits per heavy atom. The van der Waals surface area contributed by atoms with Crippen LogP contribution in [-0.2, 0) is 0 Å². The number of nitriles is 1. The SMILES string of the molecule is N#Cc1c(F)c(F)c(N2CC2)c(F)c1F. The smallest absolute Gasteiger partial charge is 0.186 e. The highest BCUT2D eigenvalue weighted by Gasteiger charge is 2.32. The fraction of sp³-hybridized carbons (Fsp3) is 0.222. The monoisotopic (exact) mass is 216 g/mol. The molecule has 1 aliphatic rings. The Balaban J connectivity index is 2.74. The topological polar surface area (TPSA) is 26.8 Å². The molecule has 6 heteroatoms. The number of benzene rings is 1. The van der Waals surface area contributed by atoms with Crippen LogP contribution in [0.1, 0.15) is 5.56 Å². The average molecular weight is 216 g/mol. The minimum Gasteiger partial charge on any atom is -0.363 e. The molecule has 1 fully saturated rings. The zero-order valence-corrected chi connectivity index (χ0v) is 7.32. The summed E-state index contributed by atoms with van der Waals surface area (Å²) < 4.78 is 52.5. The van der Waals surface area contributed by atoms with Crippen LogP contribution in [0.3, 0.4) is 0 Å². The number of hydrogen-bond donors (Lipinski definition) is 0. The predicted molar refractivity (Wildman–Crippen MR) is 43.2 cm³/mol. The van der Waals surface area contributed by atoms with Gasteiger partial charge in [0.05, 0.1) is 0 Å². The molecule has 0 bridgehead atoms. The number of nitrogens with zero attached hydrogens (tertiary/aromatic N) is 2. The molecule has 0 aromatic heterocycles. The Labute approximate surface area is 82.3 Å². The minimum absolute atomic E-state index is 0.346. The van der Waals surface area contributed by atoms with Gasteiger partial charge in [-0.2, -0.15) is 5.26 Å². The van der Waals surface area contributed by atoms with E-state index in [4.69, 9.17) is 5.26 Å². The van der Waals surface area contributed by atoms with Crippen molar-refractivity contribution in [2.75, 3.05) is 18.0 Å². The van der Waals surface area contributed by atoms with Gasteiger partial charge in [-0.05, 0) is 0 Å². The molecule has 1 saturated heterocycles. The molecular formula is C9H4F4N2. The largest absolute Gasteiger partial charge is 0.363 e. The molecule has 1 aliphatic heterocycles. The lowest BCUT2D eigenvalue weighted by Crippen LogP contribution is -2.07. The maximum atomic E-state index is 13.2. The van der Waals surface area contributed by atoms with Crippen LogP contribution in [0.5, 0.6) is 0 Å². The lowest BCUT2D eigenvalue weighted by molar-refractivity contribution is 0.453. The Bertz CT molecular complexity index is 445. The number of rotatable bonds is 1. The summed E-state index contributed by atoms with van der Waals surface area (Å²) >= 11 is 0. The third-order valence-corrected chi connectivity index (χ3v) is 2.12. The van der Waals surface area contributed by atoms with E-state index in [2.05, 4.69) is 0 Å². The lowest BCUT2D eigenvalue weighted by Gasteiger charge is -2.08. The van der Waals surface area contributed by atoms with Gasteiger partial charge in [-0.15, -0.1) is 0 Å². The van der Waals surface area contributed by atoms with Gasteiger partial charge in [0.25, 0.3) is 0 Å². The molecule has 0 unspecified atom stereocenters. The molecule has 0 radical (unpaired) electrons. The molecule has 0 aliphatic carbocycles. The summed E-state index contributed by atoms with van der Waals surface area (Å²) in [5.41, 5.74) is -1.96. The average Bonchev–Trinajstić information content (AvgIpc) is 3.00. The molecule has 0 spiro atoms. The summed E-state index contributed by atoms with van der Waals surface area (Å²) in [7, 11) is 0. The Morgan fingerprint density at radius 3 is 1.73 bits per heavy atom. The van der Waals surface area contributed by atoms with Crippen LogP contribution in [-0.4, -0.2) is 13.1 Å². The molecular weight excluding hydrogens is 212 g/mol. The molecule has 0 atom stereocenters. The summed E-state index contributed by atoms with van der Waals surface area (Å²) in [6.45, 7) is 0.692. The van der Waals surface area contributed by atoms with Crippen molar-refractivity contribution in [3.63, 3.8) is 0 Å². The second kappa shape index (κ2) is 3.12. The third kappa shape index (κ3) is 1.31. The van der Waals surface area contributed by atoms with Crippen molar-refractivity contribution < 1.29 is 17.6 Å². The van der Waals surface area contributed by atoms with Crippen LogP contribution >= 0.6 is 0 Å². The van der Waals surface area contributed by atoms with Gasteiger partial charge in [0.2, 0.25) is 0 Å². The number of anilines is 1. The molecule has 2 nitrogen and oxygen atoms in total. The predicted octanol–water partition coefficient (Wildman–Crippen LogP) is 1.93. The Hall–Kier alpha value is -1.77. The molecule has 0 saturated carbocycles. The highest BCUT2D eigenvalue weighted by atomic mass is 19.2. The second-order valence-electron chi connectivity index (χ2n) is 3.08. The van der Waals surface area contributed by atoms with Gasteiger partial charge in [0, 0.05) is 13.1 Å². The van der Waals surface area contributed by atoms with Gasteiger partial charge < -0.3 is 4.90 Å². The summed E-state index contributed by atoms with van der Waals surface area (Å²) in [5, 5.41) is 8.32. The summed E-state index contributed by atoms with van der Waals surface area (Å²) in [5.74, 6) is -6.30. The van der Waals surface area contributed by atoms with Crippen LogP contribution in [0.15, 0.2) is 0 Å². The first-order valence-corrected chi connectivity index (χ1v) is 4.09. The minimum atomic E-state index is -1.64. The molecule has 0 amide bonds. The van der Waals surface area contributed by atoms with E-state index < -0.39 is 34.5 Å². The van der Waals surface area contributed by atoms with Crippen LogP contribution in [0, 0.1) is 34.6 Å². The van der Waals surface area contributed by atoms with Crippen LogP contribution in [0.4, 0.5) is 23.2 Å². The van der Waals surface area contributed by atoms with E-state index in [0.29, 0.717) is 13.1 Å². The van der Waals surface area contributed by atoms with E-state index >= 15 is 0 Å². The van der Waals surface area contributed by atoms with Crippen molar-refractivity contribution in [1.82, 2.24) is 0 Å². The maximum absolute atomic E-state index is 13.2. The van der Waals surface area contributed by atoms with E-state index in [1.165, 1.54) is 0 Å². The number of halogens is 4. The van der Waals surface area contributed by atoms with Crippen LogP contribution in [0.2, 0.25) is 0 Å². The van der Waals surface area contributed by atoms with E-state index in [0.717, 1.165) is 11.0 Å². The number of hydrogen-bond acceptors (Lipinski definition) is 2. The fourth-order valence-corrected chi connectivity index (χ4v) is 1.27. The van der Waals surface area contributed by atoms with Crippen molar-refractivity contribution in [1.29, 1.82) is 5.26 Å². The second-order valence-corrected chi connectivity index (χ2v) is 3.08. The van der Waals surface area contributed by atoms with Crippen molar-refractivity contribution in [2.45, 2.75) is 0 Å². The highest BCUT2D eigenvalue weighted by molar-refractivity contribution is 5.57. The normalized spacial score (nSPS) is 13.9. The van der Waals surface area contributed by atoms with Crippen molar-refractivity contribution in [3.8, 4) is 6.07 Å². The molecule has 0 N–H and O–H groups in total. The molecule has 1 aromatic carbocycles. The van der Waals surface area contributed by atoms with Crippen molar-refractivity contribution in [2.24, 2.45) is 0 Å². The highest BCUT2D eigenvalue weighted by Crippen LogP contribution is 2.33. The Morgan fingerprint density at radius 1 is 0.933 bits per heavy atom. The molecule has 1 heterocycles. The van der Waals surface area contributed by atoms with E-state index in [1.807, 2.05) is 0 Å². The molecule has 2 rings (SSSR count). The van der Waals surface area contributed by atoms with Crippen LogP contribution < -0.4 is 4.90 Å². The van der Waals surface area contributed by atoms with Gasteiger partial charge in [-0.25, -0.2) is 17.6 Å². The van der Waals surface area contributed by atoms with Gasteiger partial charge >= 0.3 is 0 Å². The zero-order chi connectivity index (χ0) is 11.2. The van der Waals surface area contributed by atoms with E-state index in [1.54, 1.807) is 0 Å². The quantitative estimate of drug-likeness (QED) is 0.407. The summed E-state index contributed by atoms with van der Waals surface area (Å²) in [6, 6.07) is 1.08. The standard InChI is InChI=1S/C9H4F4N2/c10-5-4(3-14)6(11)8(13)9(7(5)12)15-1-2-15/h1-2H2. The molecule has 15 heavy (non-hydrogen) atoms. The first-order valence-electron chi connectivity index (χ1n) is 4.09. The molecule has 1 aromatic rings. The van der Waals surface area contributed by atoms with Gasteiger partial charge in [-0.1, -0.05) is 0 Å². The van der Waals surface area contributed by atoms with E-state index in [-0.39, 0.29) is 0 Å². The lowest BCUT2D eigenvalue weighted by atomic mass is 10.1. The fourth-order valence-electron chi connectivity index (χ4n) is 1.27. The van der Waals surface area contributed by atoms with E-state index in [9.17, 15) is 17.6 Å². The van der Waals surface area contributed by atoms with Gasteiger partial charge in [0.15, 0.2) is 23.3 Å². The van der Waals surface area contributed by atoms with Gasteiger partial charge in [0.1, 0.15) is 17.3 Å². The molecule has 78 valence electrons. The van der Waals surface area contributed by atoms with Crippen molar-refractivity contribution in [3.05, 3.63) is 28.8 Å². The zero-order valence-electron chi connectivity index (χ0n) is 7.32. The first kappa shape index (κ1) is 9.77. The maximum Gasteiger partial charge on any atom is 0.186 e. The van der Waals surface area contributed by atoms with Gasteiger partial charge in [-0.3, -0.25) is 0 Å². The van der Waals surface area contributed by atoms with Crippen molar-refractivity contribution >= 4 is 5.69 Å². The summed E-state index contributed by atoms with van der Waals surface area (Å²) in [6.07, 6.45) is 0. The van der Waals surface area contributed by atoms with Crippen LogP contribution in [0.25, 0.3) is 0 Å².